The van der Waals surface area contributed by atoms with Crippen LogP contribution in [0.15, 0.2) is 54.6 Å². The molecule has 1 aliphatic rings. The molecule has 2 aromatic rings. The number of hydrogen-bond acceptors (Lipinski definition) is 2. The molecule has 0 unspecified atom stereocenters. The van der Waals surface area contributed by atoms with Gasteiger partial charge in [0, 0.05) is 13.7 Å². The van der Waals surface area contributed by atoms with E-state index in [9.17, 15) is 4.79 Å². The summed E-state index contributed by atoms with van der Waals surface area (Å²) in [5, 5.41) is 10.7. The van der Waals surface area contributed by atoms with Crippen LogP contribution in [0.3, 0.4) is 0 Å². The van der Waals surface area contributed by atoms with Gasteiger partial charge in [-0.25, -0.2) is 4.79 Å². The highest BCUT2D eigenvalue weighted by Crippen LogP contribution is 2.41. The van der Waals surface area contributed by atoms with E-state index in [0.717, 1.165) is 13.0 Å². The Morgan fingerprint density at radius 1 is 1.00 bits per heavy atom. The Bertz CT molecular complexity index is 734. The van der Waals surface area contributed by atoms with Crippen LogP contribution in [0.1, 0.15) is 53.9 Å². The second-order valence-corrected chi connectivity index (χ2v) is 12.8. The number of unbranched alkanes of at least 4 members (excludes halogenated alkanes) is 2. The number of methoxy groups -OCH3 is 1. The van der Waals surface area contributed by atoms with Crippen molar-refractivity contribution >= 4 is 19.2 Å². The fourth-order valence-corrected chi connectivity index (χ4v) is 10.0. The van der Waals surface area contributed by atoms with Gasteiger partial charge in [-0.2, -0.15) is 0 Å². The van der Waals surface area contributed by atoms with Crippen molar-refractivity contribution < 1.29 is 14.6 Å². The van der Waals surface area contributed by atoms with Crippen LogP contribution in [0.25, 0.3) is 0 Å². The zero-order chi connectivity index (χ0) is 19.8. The fraction of sp³-hybridized carbons (Fsp3) is 0.458. The Morgan fingerprint density at radius 2 is 1.68 bits per heavy atom. The van der Waals surface area contributed by atoms with Crippen LogP contribution in [0.5, 0.6) is 0 Å². The molecule has 1 saturated heterocycles. The molecule has 0 saturated carbocycles. The average Bonchev–Trinajstić information content (AvgIpc) is 2.75. The van der Waals surface area contributed by atoms with Crippen LogP contribution >= 0.6 is 0 Å². The number of benzene rings is 2. The Hall–Kier alpha value is -1.91. The van der Waals surface area contributed by atoms with Crippen molar-refractivity contribution in [2.45, 2.75) is 56.2 Å². The molecule has 4 heteroatoms. The minimum atomic E-state index is -1.46. The van der Waals surface area contributed by atoms with Gasteiger partial charge >= 0.3 is 5.97 Å². The molecule has 150 valence electrons. The van der Waals surface area contributed by atoms with Crippen molar-refractivity contribution in [3.05, 3.63) is 65.7 Å². The van der Waals surface area contributed by atoms with Gasteiger partial charge < -0.3 is 9.84 Å². The molecule has 0 bridgehead atoms. The first-order chi connectivity index (χ1) is 13.6. The van der Waals surface area contributed by atoms with Gasteiger partial charge in [0.2, 0.25) is 0 Å². The highest BCUT2D eigenvalue weighted by Gasteiger charge is 2.38. The Balaban J connectivity index is 1.67. The molecule has 28 heavy (non-hydrogen) atoms. The molecule has 3 nitrogen and oxygen atoms in total. The molecule has 1 fully saturated rings. The van der Waals surface area contributed by atoms with E-state index in [1.807, 2.05) is 12.1 Å². The Labute approximate surface area is 169 Å². The molecule has 1 N–H and O–H groups in total. The van der Waals surface area contributed by atoms with Crippen LogP contribution in [0, 0.1) is 0 Å². The third-order valence-corrected chi connectivity index (χ3v) is 11.8. The molecule has 1 aliphatic heterocycles. The first kappa shape index (κ1) is 20.8. The minimum Gasteiger partial charge on any atom is -0.478 e. The lowest BCUT2D eigenvalue weighted by atomic mass is 9.93. The van der Waals surface area contributed by atoms with Crippen LogP contribution < -0.4 is 5.19 Å². The maximum absolute atomic E-state index is 11.1. The monoisotopic (exact) mass is 396 g/mol. The Kier molecular flexibility index (Phi) is 7.46. The summed E-state index contributed by atoms with van der Waals surface area (Å²) in [6.45, 7) is 0.869. The summed E-state index contributed by atoms with van der Waals surface area (Å²) < 4.78 is 5.20. The predicted molar refractivity (Wildman–Crippen MR) is 117 cm³/mol. The van der Waals surface area contributed by atoms with Gasteiger partial charge in [0.15, 0.2) is 0 Å². The van der Waals surface area contributed by atoms with Crippen LogP contribution in [-0.4, -0.2) is 32.9 Å². The summed E-state index contributed by atoms with van der Waals surface area (Å²) in [6, 6.07) is 22.9. The SMILES string of the molecule is COCCCCC[Si]1(c2ccccc2)CCC(c2ccc(C(=O)O)cc2)CC1. The van der Waals surface area contributed by atoms with Crippen molar-refractivity contribution in [2.24, 2.45) is 0 Å². The van der Waals surface area contributed by atoms with Gasteiger partial charge in [-0.15, -0.1) is 0 Å². The summed E-state index contributed by atoms with van der Waals surface area (Å²) in [7, 11) is 0.325. The third-order valence-electron chi connectivity index (χ3n) is 6.46. The van der Waals surface area contributed by atoms with E-state index < -0.39 is 14.0 Å². The number of hydrogen-bond donors (Lipinski definition) is 1. The summed E-state index contributed by atoms with van der Waals surface area (Å²) >= 11 is 0. The van der Waals surface area contributed by atoms with Crippen molar-refractivity contribution in [3.8, 4) is 0 Å². The van der Waals surface area contributed by atoms with Gasteiger partial charge in [0.1, 0.15) is 0 Å². The van der Waals surface area contributed by atoms with Crippen molar-refractivity contribution in [3.63, 3.8) is 0 Å². The van der Waals surface area contributed by atoms with Gasteiger partial charge in [-0.05, 0) is 42.9 Å². The molecule has 0 aromatic heterocycles. The summed E-state index contributed by atoms with van der Waals surface area (Å²) in [6.07, 6.45) is 6.18. The molecule has 0 radical (unpaired) electrons. The maximum atomic E-state index is 11.1. The predicted octanol–water partition coefficient (Wildman–Crippen LogP) is 5.43. The van der Waals surface area contributed by atoms with Crippen LogP contribution in [-0.2, 0) is 4.74 Å². The number of carboxylic acids is 1. The lowest BCUT2D eigenvalue weighted by molar-refractivity contribution is 0.0697. The molecule has 2 aromatic carbocycles. The molecule has 0 atom stereocenters. The summed E-state index contributed by atoms with van der Waals surface area (Å²) in [5.74, 6) is -0.278. The second-order valence-electron chi connectivity index (χ2n) is 8.15. The van der Waals surface area contributed by atoms with E-state index in [1.54, 1.807) is 24.4 Å². The van der Waals surface area contributed by atoms with E-state index in [0.29, 0.717) is 11.5 Å². The average molecular weight is 397 g/mol. The molecular weight excluding hydrogens is 364 g/mol. The Morgan fingerprint density at radius 3 is 2.29 bits per heavy atom. The lowest BCUT2D eigenvalue weighted by Gasteiger charge is -2.39. The standard InChI is InChI=1S/C24H32O3Si/c1-27-16-6-3-7-17-28(23-8-4-2-5-9-23)18-14-21(15-19-28)20-10-12-22(13-11-20)24(25)26/h2,4-5,8-13,21H,3,6-7,14-19H2,1H3,(H,25,26). The van der Waals surface area contributed by atoms with Crippen molar-refractivity contribution in [1.82, 2.24) is 0 Å². The third kappa shape index (κ3) is 5.12. The van der Waals surface area contributed by atoms with Crippen molar-refractivity contribution in [2.75, 3.05) is 13.7 Å². The highest BCUT2D eigenvalue weighted by molar-refractivity contribution is 6.92. The smallest absolute Gasteiger partial charge is 0.335 e. The first-order valence-corrected chi connectivity index (χ1v) is 13.1. The normalized spacial score (nSPS) is 22.1. The van der Waals surface area contributed by atoms with E-state index in [4.69, 9.17) is 9.84 Å². The molecular formula is C24H32O3Si. The van der Waals surface area contributed by atoms with Gasteiger partial charge in [0.25, 0.3) is 0 Å². The molecule has 0 amide bonds. The topological polar surface area (TPSA) is 46.5 Å². The number of aromatic carboxylic acids is 1. The number of carboxylic acid groups (broad SMARTS) is 1. The fourth-order valence-electron chi connectivity index (χ4n) is 4.76. The lowest BCUT2D eigenvalue weighted by Crippen LogP contribution is -2.49. The molecule has 1 heterocycles. The van der Waals surface area contributed by atoms with E-state index in [2.05, 4.69) is 30.3 Å². The zero-order valence-electron chi connectivity index (χ0n) is 16.9. The highest BCUT2D eigenvalue weighted by atomic mass is 28.3. The first-order valence-electron chi connectivity index (χ1n) is 10.5. The quantitative estimate of drug-likeness (QED) is 0.454. The summed E-state index contributed by atoms with van der Waals surface area (Å²) in [5.41, 5.74) is 1.68. The van der Waals surface area contributed by atoms with Gasteiger partial charge in [-0.1, -0.05) is 78.6 Å². The van der Waals surface area contributed by atoms with E-state index >= 15 is 0 Å². The minimum absolute atomic E-state index is 0.378. The molecule has 0 spiro atoms. The number of carbonyl (C=O) groups is 1. The van der Waals surface area contributed by atoms with Crippen LogP contribution in [0.2, 0.25) is 18.1 Å². The van der Waals surface area contributed by atoms with Gasteiger partial charge in [-0.3, -0.25) is 0 Å². The number of ether oxygens (including phenoxy) is 1. The zero-order valence-corrected chi connectivity index (χ0v) is 17.9. The van der Waals surface area contributed by atoms with Crippen LogP contribution in [0.4, 0.5) is 0 Å². The van der Waals surface area contributed by atoms with E-state index in [-0.39, 0.29) is 0 Å². The van der Waals surface area contributed by atoms with Crippen molar-refractivity contribution in [1.29, 1.82) is 0 Å². The van der Waals surface area contributed by atoms with E-state index in [1.165, 1.54) is 49.4 Å². The molecule has 0 aliphatic carbocycles. The number of rotatable bonds is 9. The maximum Gasteiger partial charge on any atom is 0.335 e. The van der Waals surface area contributed by atoms with Gasteiger partial charge in [0.05, 0.1) is 13.6 Å². The largest absolute Gasteiger partial charge is 0.478 e. The second kappa shape index (κ2) is 10.0. The molecule has 3 rings (SSSR count). The summed E-state index contributed by atoms with van der Waals surface area (Å²) in [4.78, 5) is 11.1.